The minimum absolute atomic E-state index is 0.0736. The summed E-state index contributed by atoms with van der Waals surface area (Å²) in [5.41, 5.74) is 2.45. The number of hydrogen-bond donors (Lipinski definition) is 0. The molecule has 4 aromatic rings. The number of nitrogens with zero attached hydrogens (tertiary/aromatic N) is 7. The van der Waals surface area contributed by atoms with Crippen LogP contribution in [-0.2, 0) is 7.05 Å². The molecular weight excluding hydrogens is 476 g/mol. The maximum atomic E-state index is 14.7. The van der Waals surface area contributed by atoms with E-state index in [-0.39, 0.29) is 11.3 Å². The summed E-state index contributed by atoms with van der Waals surface area (Å²) in [5.74, 6) is -0.369. The third-order valence-electron chi connectivity index (χ3n) is 6.80. The number of rotatable bonds is 5. The van der Waals surface area contributed by atoms with E-state index in [0.717, 1.165) is 32.1 Å². The molecule has 0 radical (unpaired) electrons. The summed E-state index contributed by atoms with van der Waals surface area (Å²) in [7, 11) is 3.28. The molecule has 1 aliphatic heterocycles. The molecule has 0 atom stereocenters. The lowest BCUT2D eigenvalue weighted by Gasteiger charge is -2.37. The number of aryl methyl sites for hydroxylation is 1. The van der Waals surface area contributed by atoms with Crippen molar-refractivity contribution in [3.63, 3.8) is 0 Å². The van der Waals surface area contributed by atoms with Crippen LogP contribution in [0.3, 0.4) is 0 Å². The fourth-order valence-corrected chi connectivity index (χ4v) is 4.67. The maximum Gasteiger partial charge on any atom is 0.209 e. The summed E-state index contributed by atoms with van der Waals surface area (Å²) >= 11 is 0. The summed E-state index contributed by atoms with van der Waals surface area (Å²) in [5, 5.41) is 9.15. The first-order valence-electron chi connectivity index (χ1n) is 12.1. The number of hydrogen-bond acceptors (Lipinski definition) is 7. The predicted molar refractivity (Wildman–Crippen MR) is 137 cm³/mol. The second-order valence-electron chi connectivity index (χ2n) is 9.31. The summed E-state index contributed by atoms with van der Waals surface area (Å²) in [6, 6.07) is 11.1. The van der Waals surface area contributed by atoms with Gasteiger partial charge in [-0.2, -0.15) is 10.2 Å². The molecule has 2 aromatic heterocycles. The van der Waals surface area contributed by atoms with Crippen LogP contribution in [0, 0.1) is 23.0 Å². The Hall–Kier alpha value is -4.10. The van der Waals surface area contributed by atoms with Gasteiger partial charge in [-0.15, -0.1) is 0 Å². The van der Waals surface area contributed by atoms with E-state index in [1.807, 2.05) is 17.7 Å². The SMILES string of the molecule is COc1ccc(-c2nc3c(nc2-c2ccc(C#N)c(F)c2)nc(N2CCN(C(C)C)CC2)n3C)cc1F. The first-order chi connectivity index (χ1) is 17.8. The molecular formula is C27H27F2N7O. The molecule has 0 saturated carbocycles. The number of fused-ring (bicyclic) bond motifs is 1. The summed E-state index contributed by atoms with van der Waals surface area (Å²) < 4.78 is 36.2. The molecule has 0 spiro atoms. The van der Waals surface area contributed by atoms with Crippen LogP contribution in [0.25, 0.3) is 33.8 Å². The molecule has 0 N–H and O–H groups in total. The first-order valence-corrected chi connectivity index (χ1v) is 12.1. The Labute approximate surface area is 213 Å². The molecule has 0 bridgehead atoms. The van der Waals surface area contributed by atoms with Crippen molar-refractivity contribution in [2.24, 2.45) is 7.05 Å². The fourth-order valence-electron chi connectivity index (χ4n) is 4.67. The van der Waals surface area contributed by atoms with E-state index in [4.69, 9.17) is 25.0 Å². The molecule has 10 heteroatoms. The topological polar surface area (TPSA) is 83.1 Å². The molecule has 3 heterocycles. The van der Waals surface area contributed by atoms with Crippen molar-refractivity contribution >= 4 is 17.2 Å². The molecule has 1 saturated heterocycles. The van der Waals surface area contributed by atoms with Gasteiger partial charge in [0, 0.05) is 50.4 Å². The number of ether oxygens (including phenoxy) is 1. The second kappa shape index (κ2) is 9.75. The zero-order valence-electron chi connectivity index (χ0n) is 21.2. The van der Waals surface area contributed by atoms with Crippen molar-refractivity contribution in [1.82, 2.24) is 24.4 Å². The molecule has 5 rings (SSSR count). The highest BCUT2D eigenvalue weighted by molar-refractivity contribution is 5.85. The van der Waals surface area contributed by atoms with E-state index in [1.54, 1.807) is 12.1 Å². The zero-order valence-corrected chi connectivity index (χ0v) is 21.2. The number of nitriles is 1. The molecule has 2 aromatic carbocycles. The summed E-state index contributed by atoms with van der Waals surface area (Å²) in [4.78, 5) is 19.0. The lowest BCUT2D eigenvalue weighted by Crippen LogP contribution is -2.49. The molecule has 8 nitrogen and oxygen atoms in total. The highest BCUT2D eigenvalue weighted by atomic mass is 19.1. The molecule has 1 aliphatic rings. The largest absolute Gasteiger partial charge is 0.494 e. The Morgan fingerprint density at radius 2 is 1.57 bits per heavy atom. The van der Waals surface area contributed by atoms with Gasteiger partial charge in [-0.25, -0.2) is 18.7 Å². The predicted octanol–water partition coefficient (Wildman–Crippen LogP) is 4.39. The monoisotopic (exact) mass is 503 g/mol. The van der Waals surface area contributed by atoms with Gasteiger partial charge in [0.05, 0.1) is 24.1 Å². The minimum Gasteiger partial charge on any atom is -0.494 e. The van der Waals surface area contributed by atoms with Crippen LogP contribution in [-0.4, -0.2) is 63.7 Å². The van der Waals surface area contributed by atoms with Gasteiger partial charge in [0.25, 0.3) is 0 Å². The van der Waals surface area contributed by atoms with Crippen molar-refractivity contribution in [1.29, 1.82) is 5.26 Å². The average Bonchev–Trinajstić information content (AvgIpc) is 3.23. The van der Waals surface area contributed by atoms with Crippen LogP contribution in [0.15, 0.2) is 36.4 Å². The summed E-state index contributed by atoms with van der Waals surface area (Å²) in [6.07, 6.45) is 0. The van der Waals surface area contributed by atoms with Crippen LogP contribution in [0.1, 0.15) is 19.4 Å². The van der Waals surface area contributed by atoms with E-state index in [2.05, 4.69) is 23.6 Å². The number of methoxy groups -OCH3 is 1. The maximum absolute atomic E-state index is 14.7. The van der Waals surface area contributed by atoms with Gasteiger partial charge in [0.2, 0.25) is 5.95 Å². The number of piperazine rings is 1. The van der Waals surface area contributed by atoms with E-state index in [9.17, 15) is 8.78 Å². The Balaban J connectivity index is 1.66. The van der Waals surface area contributed by atoms with Crippen LogP contribution >= 0.6 is 0 Å². The number of anilines is 1. The molecule has 1 fully saturated rings. The quantitative estimate of drug-likeness (QED) is 0.400. The number of imidazole rings is 1. The standard InChI is InChI=1S/C27H27F2N7O/c1-16(2)35-9-11-36(12-10-35)27-33-25-26(34(27)3)32-24(18-7-8-22(37-4)21(29)14-18)23(31-25)17-5-6-19(15-30)20(28)13-17/h5-8,13-14,16H,9-12H2,1-4H3. The Morgan fingerprint density at radius 1 is 0.919 bits per heavy atom. The van der Waals surface area contributed by atoms with Crippen LogP contribution in [0.2, 0.25) is 0 Å². The van der Waals surface area contributed by atoms with Gasteiger partial charge in [-0.1, -0.05) is 6.07 Å². The van der Waals surface area contributed by atoms with E-state index >= 15 is 0 Å². The highest BCUT2D eigenvalue weighted by Gasteiger charge is 2.25. The van der Waals surface area contributed by atoms with Crippen molar-refractivity contribution in [3.05, 3.63) is 53.6 Å². The highest BCUT2D eigenvalue weighted by Crippen LogP contribution is 2.34. The van der Waals surface area contributed by atoms with Crippen molar-refractivity contribution in [2.45, 2.75) is 19.9 Å². The van der Waals surface area contributed by atoms with E-state index < -0.39 is 11.6 Å². The van der Waals surface area contributed by atoms with Gasteiger partial charge in [-0.3, -0.25) is 9.47 Å². The van der Waals surface area contributed by atoms with E-state index in [0.29, 0.717) is 39.9 Å². The number of benzene rings is 2. The van der Waals surface area contributed by atoms with Gasteiger partial charge >= 0.3 is 0 Å². The van der Waals surface area contributed by atoms with Gasteiger partial charge < -0.3 is 9.64 Å². The van der Waals surface area contributed by atoms with Gasteiger partial charge in [0.15, 0.2) is 22.9 Å². The normalized spacial score (nSPS) is 14.4. The van der Waals surface area contributed by atoms with Crippen molar-refractivity contribution < 1.29 is 13.5 Å². The second-order valence-corrected chi connectivity index (χ2v) is 9.31. The third-order valence-corrected chi connectivity index (χ3v) is 6.80. The minimum atomic E-state index is -0.668. The van der Waals surface area contributed by atoms with Crippen LogP contribution < -0.4 is 9.64 Å². The Morgan fingerprint density at radius 3 is 2.16 bits per heavy atom. The Kier molecular flexibility index (Phi) is 6.48. The third kappa shape index (κ3) is 4.47. The number of aromatic nitrogens is 4. The number of halogens is 2. The van der Waals surface area contributed by atoms with E-state index in [1.165, 1.54) is 31.4 Å². The smallest absolute Gasteiger partial charge is 0.209 e. The lowest BCUT2D eigenvalue weighted by molar-refractivity contribution is 0.208. The average molecular weight is 504 g/mol. The Bertz CT molecular complexity index is 1520. The first kappa shape index (κ1) is 24.6. The summed E-state index contributed by atoms with van der Waals surface area (Å²) in [6.45, 7) is 7.87. The lowest BCUT2D eigenvalue weighted by atomic mass is 10.0. The van der Waals surface area contributed by atoms with Gasteiger partial charge in [0.1, 0.15) is 11.9 Å². The fraction of sp³-hybridized carbons (Fsp3) is 0.333. The molecule has 0 unspecified atom stereocenters. The molecule has 0 amide bonds. The molecule has 37 heavy (non-hydrogen) atoms. The van der Waals surface area contributed by atoms with Crippen LogP contribution in [0.4, 0.5) is 14.7 Å². The zero-order chi connectivity index (χ0) is 26.3. The van der Waals surface area contributed by atoms with Crippen LogP contribution in [0.5, 0.6) is 5.75 Å². The molecule has 190 valence electrons. The van der Waals surface area contributed by atoms with Gasteiger partial charge in [-0.05, 0) is 44.2 Å². The molecule has 0 aliphatic carbocycles. The van der Waals surface area contributed by atoms with Crippen molar-refractivity contribution in [3.8, 4) is 34.3 Å². The van der Waals surface area contributed by atoms with Crippen molar-refractivity contribution in [2.75, 3.05) is 38.2 Å².